The van der Waals surface area contributed by atoms with Crippen LogP contribution in [0.1, 0.15) is 56.2 Å². The summed E-state index contributed by atoms with van der Waals surface area (Å²) in [5.74, 6) is 0.911. The van der Waals surface area contributed by atoms with Gasteiger partial charge in [0.05, 0.1) is 0 Å². The topological polar surface area (TPSA) is 31.9 Å². The average Bonchev–Trinajstić information content (AvgIpc) is 3.14. The SMILES string of the molecule is CC(C)c1cccc(C(C)C)c1[N-]Cc1[c-]c(-n2cccn2)ccc1.[CH3-].[Zr+4]. The molecule has 0 atom stereocenters. The predicted molar refractivity (Wildman–Crippen MR) is 110 cm³/mol. The van der Waals surface area contributed by atoms with E-state index >= 15 is 0 Å². The van der Waals surface area contributed by atoms with Crippen LogP contribution in [-0.4, -0.2) is 9.78 Å². The molecule has 0 aliphatic carbocycles. The van der Waals surface area contributed by atoms with Crippen LogP contribution in [0.2, 0.25) is 0 Å². The predicted octanol–water partition coefficient (Wildman–Crippen LogP) is 6.57. The van der Waals surface area contributed by atoms with Crippen molar-refractivity contribution >= 4 is 5.69 Å². The van der Waals surface area contributed by atoms with E-state index in [2.05, 4.69) is 63.1 Å². The first-order chi connectivity index (χ1) is 12.1. The molecule has 1 heterocycles. The molecule has 0 spiro atoms. The minimum atomic E-state index is 0. The molecule has 1 aromatic heterocycles. The van der Waals surface area contributed by atoms with Crippen molar-refractivity contribution < 1.29 is 26.2 Å². The monoisotopic (exact) mass is 436 g/mol. The van der Waals surface area contributed by atoms with Crippen molar-refractivity contribution in [3.63, 3.8) is 0 Å². The molecular weight excluding hydrogens is 409 g/mol. The molecule has 27 heavy (non-hydrogen) atoms. The van der Waals surface area contributed by atoms with Crippen LogP contribution in [0.5, 0.6) is 0 Å². The smallest absolute Gasteiger partial charge is 0.682 e. The van der Waals surface area contributed by atoms with Gasteiger partial charge in [-0.25, -0.2) is 0 Å². The quantitative estimate of drug-likeness (QED) is 0.401. The third-order valence-corrected chi connectivity index (χ3v) is 4.34. The zero-order valence-electron chi connectivity index (χ0n) is 16.9. The van der Waals surface area contributed by atoms with Crippen molar-refractivity contribution in [2.75, 3.05) is 0 Å². The van der Waals surface area contributed by atoms with Gasteiger partial charge in [-0.1, -0.05) is 57.0 Å². The van der Waals surface area contributed by atoms with Gasteiger partial charge in [0.15, 0.2) is 0 Å². The Bertz CT molecular complexity index is 797. The van der Waals surface area contributed by atoms with E-state index in [1.54, 1.807) is 6.20 Å². The van der Waals surface area contributed by atoms with Crippen LogP contribution < -0.4 is 0 Å². The number of para-hydroxylation sites is 1. The van der Waals surface area contributed by atoms with E-state index in [4.69, 9.17) is 5.32 Å². The molecule has 0 fully saturated rings. The first kappa shape index (κ1) is 23.4. The Morgan fingerprint density at radius 1 is 0.963 bits per heavy atom. The van der Waals surface area contributed by atoms with Crippen LogP contribution >= 0.6 is 0 Å². The Morgan fingerprint density at radius 2 is 1.59 bits per heavy atom. The first-order valence-electron chi connectivity index (χ1n) is 8.87. The summed E-state index contributed by atoms with van der Waals surface area (Å²) >= 11 is 0. The van der Waals surface area contributed by atoms with Gasteiger partial charge in [-0.2, -0.15) is 28.9 Å². The van der Waals surface area contributed by atoms with Crippen molar-refractivity contribution in [2.45, 2.75) is 46.1 Å². The number of nitrogens with zero attached hydrogens (tertiary/aromatic N) is 3. The van der Waals surface area contributed by atoms with Crippen LogP contribution in [0, 0.1) is 13.5 Å². The standard InChI is InChI=1S/C22H25N3.CH3.Zr/c1-16(2)20-10-6-11-21(17(3)4)22(20)23-15-18-8-5-9-19(14-18)25-13-7-12-24-25;;/h5-13,16-17H,15H2,1-4H3;1H3;/q-2;-1;+4. The second-order valence-electron chi connectivity index (χ2n) is 6.92. The fraction of sp³-hybridized carbons (Fsp3) is 0.304. The van der Waals surface area contributed by atoms with Gasteiger partial charge in [-0.05, 0) is 23.6 Å². The fourth-order valence-corrected chi connectivity index (χ4v) is 3.00. The van der Waals surface area contributed by atoms with E-state index in [1.165, 1.54) is 11.1 Å². The molecule has 0 aliphatic heterocycles. The second kappa shape index (κ2) is 10.6. The van der Waals surface area contributed by atoms with Crippen molar-refractivity contribution in [2.24, 2.45) is 0 Å². The Hall–Kier alpha value is -1.67. The molecule has 3 aromatic rings. The van der Waals surface area contributed by atoms with Crippen molar-refractivity contribution in [1.29, 1.82) is 0 Å². The van der Waals surface area contributed by atoms with E-state index in [9.17, 15) is 0 Å². The molecule has 0 radical (unpaired) electrons. The summed E-state index contributed by atoms with van der Waals surface area (Å²) < 4.78 is 1.82. The van der Waals surface area contributed by atoms with E-state index < -0.39 is 0 Å². The zero-order valence-corrected chi connectivity index (χ0v) is 19.4. The number of hydrogen-bond acceptors (Lipinski definition) is 1. The Kier molecular flexibility index (Phi) is 9.19. The van der Waals surface area contributed by atoms with Gasteiger partial charge in [0.2, 0.25) is 0 Å². The summed E-state index contributed by atoms with van der Waals surface area (Å²) in [6.45, 7) is 9.52. The zero-order chi connectivity index (χ0) is 17.8. The second-order valence-corrected chi connectivity index (χ2v) is 6.92. The number of aromatic nitrogens is 2. The maximum atomic E-state index is 4.98. The summed E-state index contributed by atoms with van der Waals surface area (Å²) in [6.07, 6.45) is 3.70. The Morgan fingerprint density at radius 3 is 2.15 bits per heavy atom. The van der Waals surface area contributed by atoms with Crippen LogP contribution in [0.4, 0.5) is 5.69 Å². The summed E-state index contributed by atoms with van der Waals surface area (Å²) in [6, 6.07) is 18.0. The molecule has 0 saturated heterocycles. The van der Waals surface area contributed by atoms with E-state index in [0.717, 1.165) is 16.9 Å². The molecule has 3 nitrogen and oxygen atoms in total. The first-order valence-corrected chi connectivity index (χ1v) is 8.87. The third-order valence-electron chi connectivity index (χ3n) is 4.34. The Labute approximate surface area is 183 Å². The maximum absolute atomic E-state index is 4.98. The van der Waals surface area contributed by atoms with Crippen molar-refractivity contribution in [3.8, 4) is 5.69 Å². The molecule has 3 rings (SSSR count). The molecule has 0 N–H and O–H groups in total. The summed E-state index contributed by atoms with van der Waals surface area (Å²) in [4.78, 5) is 0. The molecule has 0 unspecified atom stereocenters. The van der Waals surface area contributed by atoms with Crippen molar-refractivity contribution in [1.82, 2.24) is 9.78 Å². The fourth-order valence-electron chi connectivity index (χ4n) is 3.00. The van der Waals surface area contributed by atoms with Crippen LogP contribution in [-0.2, 0) is 32.7 Å². The van der Waals surface area contributed by atoms with Gasteiger partial charge in [0.25, 0.3) is 0 Å². The van der Waals surface area contributed by atoms with E-state index in [0.29, 0.717) is 18.4 Å². The average molecular weight is 438 g/mol. The molecule has 0 aliphatic rings. The number of hydrogen-bond donors (Lipinski definition) is 0. The van der Waals surface area contributed by atoms with Gasteiger partial charge in [0, 0.05) is 12.4 Å². The minimum absolute atomic E-state index is 0. The van der Waals surface area contributed by atoms with E-state index in [-0.39, 0.29) is 33.6 Å². The van der Waals surface area contributed by atoms with Gasteiger partial charge in [-0.3, -0.25) is 4.68 Å². The maximum Gasteiger partial charge on any atom is 4.00 e. The minimum Gasteiger partial charge on any atom is -0.682 e. The van der Waals surface area contributed by atoms with Crippen LogP contribution in [0.15, 0.2) is 54.9 Å². The largest absolute Gasteiger partial charge is 4.00 e. The Balaban J connectivity index is 0.00000182. The molecule has 4 heteroatoms. The molecule has 2 aromatic carbocycles. The molecule has 0 bridgehead atoms. The molecular formula is C23H28N3Zr+. The van der Waals surface area contributed by atoms with Gasteiger partial charge in [0.1, 0.15) is 0 Å². The summed E-state index contributed by atoms with van der Waals surface area (Å²) in [7, 11) is 0. The van der Waals surface area contributed by atoms with Crippen LogP contribution in [0.3, 0.4) is 0 Å². The summed E-state index contributed by atoms with van der Waals surface area (Å²) in [5, 5.41) is 9.26. The van der Waals surface area contributed by atoms with Gasteiger partial charge in [-0.15, -0.1) is 18.3 Å². The van der Waals surface area contributed by atoms with Crippen molar-refractivity contribution in [3.05, 3.63) is 90.4 Å². The number of rotatable bonds is 6. The van der Waals surface area contributed by atoms with E-state index in [1.807, 2.05) is 29.1 Å². The summed E-state index contributed by atoms with van der Waals surface area (Å²) in [5.41, 5.74) is 5.79. The van der Waals surface area contributed by atoms with Gasteiger partial charge < -0.3 is 12.7 Å². The normalized spacial score (nSPS) is 10.4. The number of benzene rings is 2. The van der Waals surface area contributed by atoms with Crippen LogP contribution in [0.25, 0.3) is 11.0 Å². The molecule has 138 valence electrons. The molecule has 0 amide bonds. The van der Waals surface area contributed by atoms with Gasteiger partial charge >= 0.3 is 26.2 Å². The molecule has 0 saturated carbocycles. The third kappa shape index (κ3) is 5.65.